The number of hydrogen-bond donors (Lipinski definition) is 9. The molecule has 1 aromatic carbocycles. The molecule has 0 aliphatic carbocycles. The normalized spacial score (nSPS) is 13.8. The first-order valence-corrected chi connectivity index (χ1v) is 12.4. The van der Waals surface area contributed by atoms with Gasteiger partial charge in [-0.3, -0.25) is 28.8 Å². The first-order chi connectivity index (χ1) is 19.3. The summed E-state index contributed by atoms with van der Waals surface area (Å²) in [6.45, 7) is 0. The van der Waals surface area contributed by atoms with E-state index in [2.05, 4.69) is 20.9 Å². The molecule has 2 aromatic rings. The number of aliphatic carboxylic acids is 3. The zero-order chi connectivity index (χ0) is 30.7. The summed E-state index contributed by atoms with van der Waals surface area (Å²) in [6, 6.07) is 1.06. The lowest BCUT2D eigenvalue weighted by molar-refractivity contribution is -0.143. The van der Waals surface area contributed by atoms with Gasteiger partial charge < -0.3 is 47.7 Å². The number of hydrogen-bond acceptors (Lipinski definition) is 8. The number of H-pyrrole nitrogens is 1. The molecule has 0 saturated heterocycles. The summed E-state index contributed by atoms with van der Waals surface area (Å²) >= 11 is 0. The molecule has 0 aliphatic rings. The molecule has 16 nitrogen and oxygen atoms in total. The maximum atomic E-state index is 13.3. The standard InChI is InChI=1S/C25H32N6O10/c26-14(10-21(35)36)22(37)29-16(5-7-19(27)32)23(38)31-18(9-12-11-28-15-4-2-1-3-13(12)15)24(39)30-17(25(40)41)6-8-20(33)34/h1-4,11,14,16-18,28H,5-10,26H2,(H2,27,32)(H,29,37)(H,30,39)(H,31,38)(H,33,34)(H,35,36)(H,40,41). The number of amides is 4. The van der Waals surface area contributed by atoms with Gasteiger partial charge in [0.15, 0.2) is 0 Å². The second kappa shape index (κ2) is 15.0. The van der Waals surface area contributed by atoms with Crippen LogP contribution in [0.5, 0.6) is 0 Å². The molecule has 4 atom stereocenters. The lowest BCUT2D eigenvalue weighted by Crippen LogP contribution is -2.57. The third-order valence-electron chi connectivity index (χ3n) is 6.04. The van der Waals surface area contributed by atoms with E-state index in [4.69, 9.17) is 21.7 Å². The summed E-state index contributed by atoms with van der Waals surface area (Å²) in [5.41, 5.74) is 12.0. The molecule has 0 radical (unpaired) electrons. The minimum Gasteiger partial charge on any atom is -0.481 e. The lowest BCUT2D eigenvalue weighted by Gasteiger charge is -2.25. The topological polar surface area (TPSA) is 284 Å². The second-order valence-electron chi connectivity index (χ2n) is 9.23. The average Bonchev–Trinajstić information content (AvgIpc) is 3.30. The number of carbonyl (C=O) groups is 7. The van der Waals surface area contributed by atoms with Crippen molar-refractivity contribution in [2.45, 2.75) is 62.7 Å². The zero-order valence-electron chi connectivity index (χ0n) is 21.8. The van der Waals surface area contributed by atoms with Gasteiger partial charge in [-0.15, -0.1) is 0 Å². The van der Waals surface area contributed by atoms with Crippen LogP contribution in [-0.4, -0.2) is 86.0 Å². The van der Waals surface area contributed by atoms with Crippen LogP contribution in [0.3, 0.4) is 0 Å². The van der Waals surface area contributed by atoms with Gasteiger partial charge in [0.1, 0.15) is 18.1 Å². The molecule has 1 aromatic heterocycles. The van der Waals surface area contributed by atoms with Crippen molar-refractivity contribution in [1.29, 1.82) is 0 Å². The molecular weight excluding hydrogens is 544 g/mol. The number of rotatable bonds is 17. The smallest absolute Gasteiger partial charge is 0.326 e. The number of fused-ring (bicyclic) bond motifs is 1. The van der Waals surface area contributed by atoms with E-state index >= 15 is 0 Å². The molecule has 4 unspecified atom stereocenters. The van der Waals surface area contributed by atoms with Gasteiger partial charge in [-0.05, 0) is 24.5 Å². The van der Waals surface area contributed by atoms with Gasteiger partial charge in [0.25, 0.3) is 0 Å². The molecular formula is C25H32N6O10. The predicted octanol–water partition coefficient (Wildman–Crippen LogP) is -1.82. The Morgan fingerprint density at radius 1 is 0.780 bits per heavy atom. The Labute approximate surface area is 232 Å². The van der Waals surface area contributed by atoms with Crippen molar-refractivity contribution in [3.8, 4) is 0 Å². The maximum Gasteiger partial charge on any atom is 0.326 e. The predicted molar refractivity (Wildman–Crippen MR) is 141 cm³/mol. The number of aromatic nitrogens is 1. The second-order valence-corrected chi connectivity index (χ2v) is 9.23. The number of carboxylic acid groups (broad SMARTS) is 3. The van der Waals surface area contributed by atoms with Crippen molar-refractivity contribution in [3.05, 3.63) is 36.0 Å². The molecule has 4 amide bonds. The van der Waals surface area contributed by atoms with Crippen molar-refractivity contribution in [1.82, 2.24) is 20.9 Å². The Bertz CT molecular complexity index is 1310. The van der Waals surface area contributed by atoms with Crippen molar-refractivity contribution >= 4 is 52.4 Å². The number of primary amides is 1. The summed E-state index contributed by atoms with van der Waals surface area (Å²) in [6.07, 6.45) is -0.950. The van der Waals surface area contributed by atoms with E-state index in [1.54, 1.807) is 30.5 Å². The Balaban J connectivity index is 2.34. The van der Waals surface area contributed by atoms with Crippen LogP contribution in [0.1, 0.15) is 37.7 Å². The van der Waals surface area contributed by atoms with E-state index < -0.39 is 85.0 Å². The summed E-state index contributed by atoms with van der Waals surface area (Å²) in [5, 5.41) is 34.9. The molecule has 2 rings (SSSR count). The van der Waals surface area contributed by atoms with Crippen LogP contribution in [0.15, 0.2) is 30.5 Å². The van der Waals surface area contributed by atoms with E-state index in [0.717, 1.165) is 5.52 Å². The highest BCUT2D eigenvalue weighted by Gasteiger charge is 2.31. The number of para-hydroxylation sites is 1. The summed E-state index contributed by atoms with van der Waals surface area (Å²) in [7, 11) is 0. The van der Waals surface area contributed by atoms with E-state index in [0.29, 0.717) is 10.9 Å². The van der Waals surface area contributed by atoms with Gasteiger partial charge in [-0.2, -0.15) is 0 Å². The van der Waals surface area contributed by atoms with Crippen LogP contribution in [0.4, 0.5) is 0 Å². The molecule has 0 bridgehead atoms. The Morgan fingerprint density at radius 2 is 1.37 bits per heavy atom. The van der Waals surface area contributed by atoms with Gasteiger partial charge in [0, 0.05) is 36.4 Å². The van der Waals surface area contributed by atoms with Crippen LogP contribution in [-0.2, 0) is 40.0 Å². The monoisotopic (exact) mass is 576 g/mol. The van der Waals surface area contributed by atoms with Crippen molar-refractivity contribution in [3.63, 3.8) is 0 Å². The molecule has 0 fully saturated rings. The highest BCUT2D eigenvalue weighted by Crippen LogP contribution is 2.19. The van der Waals surface area contributed by atoms with Crippen molar-refractivity contribution in [2.24, 2.45) is 11.5 Å². The Morgan fingerprint density at radius 3 is 1.98 bits per heavy atom. The summed E-state index contributed by atoms with van der Waals surface area (Å²) in [4.78, 5) is 86.8. The summed E-state index contributed by atoms with van der Waals surface area (Å²) in [5.74, 6) is -7.85. The van der Waals surface area contributed by atoms with Gasteiger partial charge in [-0.1, -0.05) is 18.2 Å². The average molecular weight is 577 g/mol. The van der Waals surface area contributed by atoms with E-state index in [1.807, 2.05) is 0 Å². The molecule has 16 heteroatoms. The third kappa shape index (κ3) is 10.2. The van der Waals surface area contributed by atoms with Gasteiger partial charge in [-0.25, -0.2) is 4.79 Å². The number of nitrogens with two attached hydrogens (primary N) is 2. The van der Waals surface area contributed by atoms with E-state index in [-0.39, 0.29) is 19.3 Å². The summed E-state index contributed by atoms with van der Waals surface area (Å²) < 4.78 is 0. The first kappa shape index (κ1) is 32.2. The Kier molecular flexibility index (Phi) is 11.8. The van der Waals surface area contributed by atoms with Crippen LogP contribution >= 0.6 is 0 Å². The van der Waals surface area contributed by atoms with Crippen LogP contribution in [0.25, 0.3) is 10.9 Å². The van der Waals surface area contributed by atoms with Gasteiger partial charge in [0.05, 0.1) is 12.5 Å². The first-order valence-electron chi connectivity index (χ1n) is 12.4. The van der Waals surface area contributed by atoms with Crippen LogP contribution < -0.4 is 27.4 Å². The lowest BCUT2D eigenvalue weighted by atomic mass is 10.0. The molecule has 1 heterocycles. The number of carboxylic acids is 3. The van der Waals surface area contributed by atoms with E-state index in [1.165, 1.54) is 0 Å². The fraction of sp³-hybridized carbons (Fsp3) is 0.400. The van der Waals surface area contributed by atoms with Crippen LogP contribution in [0.2, 0.25) is 0 Å². The van der Waals surface area contributed by atoms with E-state index in [9.17, 15) is 38.7 Å². The molecule has 222 valence electrons. The van der Waals surface area contributed by atoms with Crippen molar-refractivity contribution < 1.29 is 48.9 Å². The number of benzene rings is 1. The van der Waals surface area contributed by atoms with Crippen LogP contribution in [0, 0.1) is 0 Å². The van der Waals surface area contributed by atoms with Gasteiger partial charge in [0.2, 0.25) is 23.6 Å². The number of nitrogens with one attached hydrogen (secondary N) is 4. The molecule has 0 saturated carbocycles. The molecule has 41 heavy (non-hydrogen) atoms. The minimum atomic E-state index is -1.58. The fourth-order valence-electron chi connectivity index (χ4n) is 3.91. The quantitative estimate of drug-likeness (QED) is 0.101. The molecule has 11 N–H and O–H groups in total. The van der Waals surface area contributed by atoms with Crippen molar-refractivity contribution in [2.75, 3.05) is 0 Å². The number of aromatic amines is 1. The van der Waals surface area contributed by atoms with Gasteiger partial charge >= 0.3 is 17.9 Å². The molecule has 0 aliphatic heterocycles. The minimum absolute atomic E-state index is 0.151. The largest absolute Gasteiger partial charge is 0.481 e. The SMILES string of the molecule is NC(=O)CCC(NC(=O)C(N)CC(=O)O)C(=O)NC(Cc1c[nH]c2ccccc12)C(=O)NC(CCC(=O)O)C(=O)O. The highest BCUT2D eigenvalue weighted by atomic mass is 16.4. The maximum absolute atomic E-state index is 13.3. The third-order valence-corrected chi connectivity index (χ3v) is 6.04. The highest BCUT2D eigenvalue weighted by molar-refractivity contribution is 5.95. The zero-order valence-corrected chi connectivity index (χ0v) is 21.8. The molecule has 0 spiro atoms. The number of carbonyl (C=O) groups excluding carboxylic acids is 4. The Hall–Kier alpha value is -4.99. The fourth-order valence-corrected chi connectivity index (χ4v) is 3.91.